The SMILES string of the molecule is CCCCCCCC(CC(O)CCC)S(=O)(=O)O. The van der Waals surface area contributed by atoms with Crippen LogP contribution >= 0.6 is 0 Å². The molecule has 0 saturated heterocycles. The first-order chi connectivity index (χ1) is 8.41. The first kappa shape index (κ1) is 17.9. The van der Waals surface area contributed by atoms with E-state index >= 15 is 0 Å². The molecule has 0 amide bonds. The van der Waals surface area contributed by atoms with Crippen molar-refractivity contribution in [1.82, 2.24) is 0 Å². The van der Waals surface area contributed by atoms with Gasteiger partial charge in [-0.2, -0.15) is 8.42 Å². The zero-order chi connectivity index (χ0) is 14.0. The van der Waals surface area contributed by atoms with Crippen molar-refractivity contribution < 1.29 is 18.1 Å². The lowest BCUT2D eigenvalue weighted by Gasteiger charge is -2.17. The van der Waals surface area contributed by atoms with Crippen LogP contribution in [-0.2, 0) is 10.1 Å². The van der Waals surface area contributed by atoms with Gasteiger partial charge in [0.1, 0.15) is 0 Å². The maximum atomic E-state index is 11.2. The van der Waals surface area contributed by atoms with Crippen molar-refractivity contribution in [2.45, 2.75) is 83.0 Å². The average Bonchev–Trinajstić information content (AvgIpc) is 2.26. The number of unbranched alkanes of at least 4 members (excludes halogenated alkanes) is 4. The number of aliphatic hydroxyl groups excluding tert-OH is 1. The number of hydrogen-bond acceptors (Lipinski definition) is 3. The van der Waals surface area contributed by atoms with Crippen LogP contribution in [0.2, 0.25) is 0 Å². The summed E-state index contributed by atoms with van der Waals surface area (Å²) >= 11 is 0. The summed E-state index contributed by atoms with van der Waals surface area (Å²) in [5.74, 6) is 0. The third kappa shape index (κ3) is 8.89. The van der Waals surface area contributed by atoms with Gasteiger partial charge in [-0.1, -0.05) is 52.4 Å². The summed E-state index contributed by atoms with van der Waals surface area (Å²) in [5, 5.41) is 8.84. The number of aliphatic hydroxyl groups is 1. The summed E-state index contributed by atoms with van der Waals surface area (Å²) < 4.78 is 31.6. The van der Waals surface area contributed by atoms with Gasteiger partial charge in [0.05, 0.1) is 11.4 Å². The first-order valence-corrected chi connectivity index (χ1v) is 8.56. The highest BCUT2D eigenvalue weighted by Gasteiger charge is 2.25. The zero-order valence-electron chi connectivity index (χ0n) is 11.6. The van der Waals surface area contributed by atoms with E-state index in [1.165, 1.54) is 0 Å². The molecule has 0 aliphatic rings. The van der Waals surface area contributed by atoms with Gasteiger partial charge in [-0.25, -0.2) is 0 Å². The van der Waals surface area contributed by atoms with Gasteiger partial charge < -0.3 is 5.11 Å². The van der Waals surface area contributed by atoms with Crippen LogP contribution in [0.15, 0.2) is 0 Å². The van der Waals surface area contributed by atoms with Crippen LogP contribution in [0.1, 0.15) is 71.6 Å². The molecule has 0 spiro atoms. The smallest absolute Gasteiger partial charge is 0.267 e. The number of rotatable bonds is 11. The molecule has 2 atom stereocenters. The molecule has 110 valence electrons. The van der Waals surface area contributed by atoms with Gasteiger partial charge in [0.25, 0.3) is 10.1 Å². The Morgan fingerprint density at radius 1 is 0.944 bits per heavy atom. The van der Waals surface area contributed by atoms with Crippen molar-refractivity contribution >= 4 is 10.1 Å². The van der Waals surface area contributed by atoms with Crippen molar-refractivity contribution in [3.8, 4) is 0 Å². The summed E-state index contributed by atoms with van der Waals surface area (Å²) in [5.41, 5.74) is 0. The van der Waals surface area contributed by atoms with Crippen LogP contribution in [0.4, 0.5) is 0 Å². The molecule has 0 rings (SSSR count). The molecule has 0 aromatic heterocycles. The Kier molecular flexibility index (Phi) is 9.68. The maximum Gasteiger partial charge on any atom is 0.267 e. The summed E-state index contributed by atoms with van der Waals surface area (Å²) in [6, 6.07) is 0. The quantitative estimate of drug-likeness (QED) is 0.450. The highest BCUT2D eigenvalue weighted by molar-refractivity contribution is 7.86. The van der Waals surface area contributed by atoms with Crippen LogP contribution in [0.25, 0.3) is 0 Å². The lowest BCUT2D eigenvalue weighted by atomic mass is 10.0. The molecule has 2 N–H and O–H groups in total. The molecule has 2 unspecified atom stereocenters. The van der Waals surface area contributed by atoms with Gasteiger partial charge >= 0.3 is 0 Å². The minimum Gasteiger partial charge on any atom is -0.393 e. The molecule has 0 aromatic rings. The fraction of sp³-hybridized carbons (Fsp3) is 1.00. The van der Waals surface area contributed by atoms with E-state index in [4.69, 9.17) is 4.55 Å². The van der Waals surface area contributed by atoms with Gasteiger partial charge in [-0.15, -0.1) is 0 Å². The molecule has 0 radical (unpaired) electrons. The lowest BCUT2D eigenvalue weighted by Crippen LogP contribution is -2.26. The van der Waals surface area contributed by atoms with E-state index in [-0.39, 0.29) is 6.42 Å². The monoisotopic (exact) mass is 280 g/mol. The molecule has 0 aliphatic heterocycles. The third-order valence-electron chi connectivity index (χ3n) is 3.21. The summed E-state index contributed by atoms with van der Waals surface area (Å²) in [4.78, 5) is 0. The van der Waals surface area contributed by atoms with Crippen LogP contribution in [0.3, 0.4) is 0 Å². The van der Waals surface area contributed by atoms with Crippen LogP contribution < -0.4 is 0 Å². The zero-order valence-corrected chi connectivity index (χ0v) is 12.5. The second kappa shape index (κ2) is 9.75. The third-order valence-corrected chi connectivity index (χ3v) is 4.48. The van der Waals surface area contributed by atoms with E-state index in [2.05, 4.69) is 6.92 Å². The fourth-order valence-electron chi connectivity index (χ4n) is 2.12. The highest BCUT2D eigenvalue weighted by Crippen LogP contribution is 2.18. The van der Waals surface area contributed by atoms with E-state index in [9.17, 15) is 13.5 Å². The molecule has 0 saturated carbocycles. The van der Waals surface area contributed by atoms with Crippen molar-refractivity contribution in [3.05, 3.63) is 0 Å². The fourth-order valence-corrected chi connectivity index (χ4v) is 3.05. The second-order valence-corrected chi connectivity index (χ2v) is 6.71. The van der Waals surface area contributed by atoms with Crippen LogP contribution in [-0.4, -0.2) is 29.4 Å². The van der Waals surface area contributed by atoms with Crippen molar-refractivity contribution in [3.63, 3.8) is 0 Å². The second-order valence-electron chi connectivity index (χ2n) is 5.02. The Morgan fingerprint density at radius 3 is 2.06 bits per heavy atom. The summed E-state index contributed by atoms with van der Waals surface area (Å²) in [6.45, 7) is 4.07. The number of hydrogen-bond donors (Lipinski definition) is 2. The highest BCUT2D eigenvalue weighted by atomic mass is 32.2. The predicted octanol–water partition coefficient (Wildman–Crippen LogP) is 3.15. The normalized spacial score (nSPS) is 15.6. The Hall–Kier alpha value is -0.130. The van der Waals surface area contributed by atoms with Gasteiger partial charge in [0.15, 0.2) is 0 Å². The average molecular weight is 280 g/mol. The maximum absolute atomic E-state index is 11.2. The minimum absolute atomic E-state index is 0.153. The van der Waals surface area contributed by atoms with Gasteiger partial charge in [-0.3, -0.25) is 4.55 Å². The topological polar surface area (TPSA) is 74.6 Å². The molecular weight excluding hydrogens is 252 g/mol. The van der Waals surface area contributed by atoms with Crippen LogP contribution in [0.5, 0.6) is 0 Å². The predicted molar refractivity (Wildman–Crippen MR) is 74.2 cm³/mol. The molecule has 0 heterocycles. The Morgan fingerprint density at radius 2 is 1.56 bits per heavy atom. The Labute approximate surface area is 112 Å². The molecule has 0 bridgehead atoms. The molecule has 0 aliphatic carbocycles. The lowest BCUT2D eigenvalue weighted by molar-refractivity contribution is 0.149. The van der Waals surface area contributed by atoms with E-state index in [1.54, 1.807) is 0 Å². The molecular formula is C13H28O4S. The van der Waals surface area contributed by atoms with E-state index in [0.29, 0.717) is 12.8 Å². The van der Waals surface area contributed by atoms with E-state index in [1.807, 2.05) is 6.92 Å². The largest absolute Gasteiger partial charge is 0.393 e. The minimum atomic E-state index is -4.03. The van der Waals surface area contributed by atoms with Gasteiger partial charge in [-0.05, 0) is 19.3 Å². The van der Waals surface area contributed by atoms with Gasteiger partial charge in [0.2, 0.25) is 0 Å². The standard InChI is InChI=1S/C13H28O4S/c1-3-5-6-7-8-10-13(18(15,16)17)11-12(14)9-4-2/h12-14H,3-11H2,1-2H3,(H,15,16,17). The van der Waals surface area contributed by atoms with Crippen molar-refractivity contribution in [2.24, 2.45) is 0 Å². The summed E-state index contributed by atoms with van der Waals surface area (Å²) in [6.07, 6.45) is 6.57. The summed E-state index contributed by atoms with van der Waals surface area (Å²) in [7, 11) is -4.03. The van der Waals surface area contributed by atoms with E-state index < -0.39 is 21.5 Å². The molecule has 0 aromatic carbocycles. The Bertz CT molecular complexity index is 287. The van der Waals surface area contributed by atoms with Gasteiger partial charge in [0, 0.05) is 0 Å². The molecule has 18 heavy (non-hydrogen) atoms. The first-order valence-electron chi connectivity index (χ1n) is 7.06. The molecule has 4 nitrogen and oxygen atoms in total. The Balaban J connectivity index is 4.09. The molecule has 5 heteroatoms. The van der Waals surface area contributed by atoms with E-state index in [0.717, 1.165) is 38.5 Å². The van der Waals surface area contributed by atoms with Crippen molar-refractivity contribution in [2.75, 3.05) is 0 Å². The van der Waals surface area contributed by atoms with Crippen molar-refractivity contribution in [1.29, 1.82) is 0 Å². The van der Waals surface area contributed by atoms with Crippen LogP contribution in [0, 0.1) is 0 Å². The molecule has 0 fully saturated rings.